The van der Waals surface area contributed by atoms with Crippen molar-refractivity contribution >= 4 is 17.8 Å². The number of aryl methyl sites for hydroxylation is 2. The summed E-state index contributed by atoms with van der Waals surface area (Å²) in [4.78, 5) is 13.1. The van der Waals surface area contributed by atoms with E-state index in [0.29, 0.717) is 23.7 Å². The van der Waals surface area contributed by atoms with Gasteiger partial charge in [0.25, 0.3) is 0 Å². The minimum Gasteiger partial charge on any atom is -0.278 e. The van der Waals surface area contributed by atoms with Crippen LogP contribution in [0.25, 0.3) is 0 Å². The summed E-state index contributed by atoms with van der Waals surface area (Å²) in [5.41, 5.74) is 2.46. The summed E-state index contributed by atoms with van der Waals surface area (Å²) in [7, 11) is 1.53. The lowest BCUT2D eigenvalue weighted by molar-refractivity contribution is -0.106. The fraction of sp³-hybridized carbons (Fsp3) is 0.444. The van der Waals surface area contributed by atoms with Crippen LogP contribution in [0.3, 0.4) is 0 Å². The molecule has 5 heteroatoms. The molecule has 0 bridgehead atoms. The molecular weight excluding hydrogens is 293 g/mol. The van der Waals surface area contributed by atoms with Gasteiger partial charge in [-0.1, -0.05) is 39.0 Å². The highest BCUT2D eigenvalue weighted by atomic mass is 19.1. The number of carbonyl (C=O) groups excluding carboxylic acids is 1. The van der Waals surface area contributed by atoms with E-state index in [9.17, 15) is 9.18 Å². The Kier molecular flexibility index (Phi) is 5.19. The Hall–Kier alpha value is -2.17. The van der Waals surface area contributed by atoms with Crippen molar-refractivity contribution in [3.63, 3.8) is 0 Å². The Labute approximate surface area is 136 Å². The van der Waals surface area contributed by atoms with Crippen molar-refractivity contribution in [3.8, 4) is 0 Å². The first kappa shape index (κ1) is 17.2. The zero-order valence-electron chi connectivity index (χ0n) is 14.4. The molecule has 4 nitrogen and oxygen atoms in total. The minimum atomic E-state index is -0.513. The van der Waals surface area contributed by atoms with Crippen LogP contribution in [0.5, 0.6) is 0 Å². The molecule has 0 aliphatic heterocycles. The maximum Gasteiger partial charge on any atom is 0.235 e. The molecule has 23 heavy (non-hydrogen) atoms. The van der Waals surface area contributed by atoms with E-state index >= 15 is 0 Å². The number of nitrogens with zero attached hydrogens (tertiary/aromatic N) is 3. The third kappa shape index (κ3) is 3.44. The molecule has 1 amide bonds. The second-order valence-electron chi connectivity index (χ2n) is 6.41. The number of rotatable bonds is 6. The van der Waals surface area contributed by atoms with Crippen LogP contribution in [0.1, 0.15) is 44.4 Å². The van der Waals surface area contributed by atoms with E-state index in [-0.39, 0.29) is 11.6 Å². The number of hydrogen-bond acceptors (Lipinski definition) is 2. The first-order chi connectivity index (χ1) is 10.9. The molecule has 1 atom stereocenters. The number of aromatic nitrogens is 2. The van der Waals surface area contributed by atoms with Crippen molar-refractivity contribution in [2.24, 2.45) is 13.0 Å². The van der Waals surface area contributed by atoms with Crippen molar-refractivity contribution in [1.82, 2.24) is 9.78 Å². The van der Waals surface area contributed by atoms with Crippen LogP contribution in [0.4, 0.5) is 15.8 Å². The molecular formula is C18H24FN3O. The second kappa shape index (κ2) is 6.94. The van der Waals surface area contributed by atoms with Gasteiger partial charge in [-0.3, -0.25) is 9.69 Å². The van der Waals surface area contributed by atoms with Gasteiger partial charge < -0.3 is 0 Å². The Morgan fingerprint density at radius 1 is 1.30 bits per heavy atom. The van der Waals surface area contributed by atoms with E-state index in [1.54, 1.807) is 6.92 Å². The van der Waals surface area contributed by atoms with Gasteiger partial charge in [-0.15, -0.1) is 0 Å². The molecule has 1 unspecified atom stereocenters. The monoisotopic (exact) mass is 317 g/mol. The lowest BCUT2D eigenvalue weighted by Gasteiger charge is -2.24. The van der Waals surface area contributed by atoms with Crippen molar-refractivity contribution < 1.29 is 9.18 Å². The standard InChI is InChI=1S/C18H24FN3O/c1-12(2)10-13(3)15-8-6-7-9-16(15)22(11-23)17-14(4)20-21(5)18(17)19/h6-9,11-13H,10H2,1-5H3. The first-order valence-electron chi connectivity index (χ1n) is 7.89. The Bertz CT molecular complexity index is 694. The fourth-order valence-electron chi connectivity index (χ4n) is 3.08. The average molecular weight is 317 g/mol. The number of anilines is 2. The first-order valence-corrected chi connectivity index (χ1v) is 7.89. The zero-order valence-corrected chi connectivity index (χ0v) is 14.4. The number of benzene rings is 1. The molecule has 1 heterocycles. The van der Waals surface area contributed by atoms with E-state index in [1.165, 1.54) is 11.9 Å². The van der Waals surface area contributed by atoms with Gasteiger partial charge in [0.15, 0.2) is 0 Å². The predicted octanol–water partition coefficient (Wildman–Crippen LogP) is 4.31. The molecule has 0 N–H and O–H groups in total. The Morgan fingerprint density at radius 2 is 1.96 bits per heavy atom. The molecule has 0 aliphatic carbocycles. The van der Waals surface area contributed by atoms with Gasteiger partial charge in [-0.05, 0) is 36.8 Å². The maximum atomic E-state index is 14.4. The molecule has 0 aliphatic rings. The summed E-state index contributed by atoms with van der Waals surface area (Å²) < 4.78 is 15.5. The van der Waals surface area contributed by atoms with Gasteiger partial charge in [0, 0.05) is 7.05 Å². The van der Waals surface area contributed by atoms with E-state index in [1.807, 2.05) is 24.3 Å². The van der Waals surface area contributed by atoms with Crippen LogP contribution in [-0.4, -0.2) is 16.2 Å². The SMILES string of the molecule is Cc1nn(C)c(F)c1N(C=O)c1ccccc1C(C)CC(C)C. The number of hydrogen-bond donors (Lipinski definition) is 0. The highest BCUT2D eigenvalue weighted by molar-refractivity contribution is 5.88. The minimum absolute atomic E-state index is 0.215. The zero-order chi connectivity index (χ0) is 17.1. The number of para-hydroxylation sites is 1. The normalized spacial score (nSPS) is 12.5. The summed E-state index contributed by atoms with van der Waals surface area (Å²) in [5.74, 6) is 0.300. The van der Waals surface area contributed by atoms with Gasteiger partial charge in [0.05, 0.1) is 11.4 Å². The van der Waals surface area contributed by atoms with Crippen molar-refractivity contribution in [3.05, 3.63) is 41.5 Å². The van der Waals surface area contributed by atoms with E-state index < -0.39 is 5.95 Å². The molecule has 0 spiro atoms. The number of amides is 1. The van der Waals surface area contributed by atoms with Gasteiger partial charge in [0.1, 0.15) is 5.69 Å². The largest absolute Gasteiger partial charge is 0.278 e. The average Bonchev–Trinajstić information content (AvgIpc) is 2.74. The molecule has 2 rings (SSSR count). The predicted molar refractivity (Wildman–Crippen MR) is 90.4 cm³/mol. The molecule has 0 radical (unpaired) electrons. The summed E-state index contributed by atoms with van der Waals surface area (Å²) in [5, 5.41) is 4.07. The molecule has 1 aromatic heterocycles. The van der Waals surface area contributed by atoms with E-state index in [0.717, 1.165) is 16.7 Å². The summed E-state index contributed by atoms with van der Waals surface area (Å²) in [6.07, 6.45) is 1.66. The van der Waals surface area contributed by atoms with Crippen molar-refractivity contribution in [2.75, 3.05) is 4.90 Å². The molecule has 2 aromatic rings. The summed E-state index contributed by atoms with van der Waals surface area (Å²) >= 11 is 0. The quantitative estimate of drug-likeness (QED) is 0.745. The Morgan fingerprint density at radius 3 is 2.48 bits per heavy atom. The molecule has 0 saturated heterocycles. The van der Waals surface area contributed by atoms with Gasteiger partial charge in [-0.25, -0.2) is 4.68 Å². The third-order valence-corrected chi connectivity index (χ3v) is 4.02. The Balaban J connectivity index is 2.53. The lowest BCUT2D eigenvalue weighted by atomic mass is 9.90. The van der Waals surface area contributed by atoms with Crippen LogP contribution in [0.2, 0.25) is 0 Å². The van der Waals surface area contributed by atoms with Crippen LogP contribution in [-0.2, 0) is 11.8 Å². The molecule has 1 aromatic carbocycles. The molecule has 124 valence electrons. The van der Waals surface area contributed by atoms with Crippen LogP contribution in [0.15, 0.2) is 24.3 Å². The van der Waals surface area contributed by atoms with Crippen LogP contribution in [0, 0.1) is 18.8 Å². The lowest BCUT2D eigenvalue weighted by Crippen LogP contribution is -2.18. The smallest absolute Gasteiger partial charge is 0.235 e. The maximum absolute atomic E-state index is 14.4. The van der Waals surface area contributed by atoms with E-state index in [4.69, 9.17) is 0 Å². The third-order valence-electron chi connectivity index (χ3n) is 4.02. The molecule has 0 fully saturated rings. The fourth-order valence-corrected chi connectivity index (χ4v) is 3.08. The number of carbonyl (C=O) groups is 1. The van der Waals surface area contributed by atoms with Crippen molar-refractivity contribution in [2.45, 2.75) is 40.0 Å². The van der Waals surface area contributed by atoms with Gasteiger partial charge in [0.2, 0.25) is 12.4 Å². The van der Waals surface area contributed by atoms with E-state index in [2.05, 4.69) is 25.9 Å². The summed E-state index contributed by atoms with van der Waals surface area (Å²) in [6, 6.07) is 7.67. The molecule has 0 saturated carbocycles. The summed E-state index contributed by atoms with van der Waals surface area (Å²) in [6.45, 7) is 8.17. The van der Waals surface area contributed by atoms with Gasteiger partial charge in [-0.2, -0.15) is 9.49 Å². The topological polar surface area (TPSA) is 38.1 Å². The van der Waals surface area contributed by atoms with Gasteiger partial charge >= 0.3 is 0 Å². The van der Waals surface area contributed by atoms with Crippen LogP contribution >= 0.6 is 0 Å². The number of halogens is 1. The second-order valence-corrected chi connectivity index (χ2v) is 6.41. The van der Waals surface area contributed by atoms with Crippen molar-refractivity contribution in [1.29, 1.82) is 0 Å². The van der Waals surface area contributed by atoms with Crippen LogP contribution < -0.4 is 4.90 Å². The highest BCUT2D eigenvalue weighted by Gasteiger charge is 2.24. The highest BCUT2D eigenvalue weighted by Crippen LogP contribution is 2.36.